The van der Waals surface area contributed by atoms with Crippen molar-refractivity contribution in [2.24, 2.45) is 5.73 Å². The molecule has 0 amide bonds. The molecule has 1 aromatic heterocycles. The molecule has 1 saturated heterocycles. The lowest BCUT2D eigenvalue weighted by atomic mass is 9.77. The third-order valence-corrected chi connectivity index (χ3v) is 3.68. The smallest absolute Gasteiger partial charge is 0.321 e. The number of carbonyl (C=O) groups is 1. The number of nitrogens with two attached hydrogens (primary N) is 1. The Labute approximate surface area is 85.3 Å². The van der Waals surface area contributed by atoms with E-state index in [4.69, 9.17) is 15.6 Å². The highest BCUT2D eigenvalue weighted by Crippen LogP contribution is 2.37. The van der Waals surface area contributed by atoms with E-state index < -0.39 is 17.4 Å². The Morgan fingerprint density at radius 1 is 1.71 bits per heavy atom. The van der Waals surface area contributed by atoms with E-state index in [0.29, 0.717) is 13.2 Å². The van der Waals surface area contributed by atoms with Gasteiger partial charge >= 0.3 is 5.97 Å². The number of thiophene rings is 1. The van der Waals surface area contributed by atoms with Gasteiger partial charge in [-0.1, -0.05) is 6.07 Å². The summed E-state index contributed by atoms with van der Waals surface area (Å²) in [5, 5.41) is 10.8. The average molecular weight is 213 g/mol. The van der Waals surface area contributed by atoms with Gasteiger partial charge in [0.1, 0.15) is 6.04 Å². The molecule has 1 unspecified atom stereocenters. The quantitative estimate of drug-likeness (QED) is 0.763. The van der Waals surface area contributed by atoms with Crippen molar-refractivity contribution in [2.75, 3.05) is 13.2 Å². The minimum Gasteiger partial charge on any atom is -0.480 e. The fraction of sp³-hybridized carbons (Fsp3) is 0.444. The first-order valence-corrected chi connectivity index (χ1v) is 5.15. The molecule has 3 N–H and O–H groups in total. The van der Waals surface area contributed by atoms with E-state index in [9.17, 15) is 4.79 Å². The first kappa shape index (κ1) is 9.64. The zero-order valence-electron chi connectivity index (χ0n) is 7.47. The molecule has 0 radical (unpaired) electrons. The first-order chi connectivity index (χ1) is 6.67. The van der Waals surface area contributed by atoms with Crippen LogP contribution in [0.3, 0.4) is 0 Å². The lowest BCUT2D eigenvalue weighted by Crippen LogP contribution is -2.61. The van der Waals surface area contributed by atoms with Gasteiger partial charge in [0.2, 0.25) is 0 Å². The van der Waals surface area contributed by atoms with Crippen LogP contribution in [0, 0.1) is 0 Å². The van der Waals surface area contributed by atoms with E-state index in [1.165, 1.54) is 11.3 Å². The standard InChI is InChI=1S/C9H11NO3S/c10-7(8(11)12)9(4-13-5-9)6-2-1-3-14-6/h1-3,7H,4-5,10H2,(H,11,12). The van der Waals surface area contributed by atoms with Gasteiger partial charge in [-0.2, -0.15) is 0 Å². The van der Waals surface area contributed by atoms with Gasteiger partial charge < -0.3 is 15.6 Å². The molecule has 2 rings (SSSR count). The lowest BCUT2D eigenvalue weighted by molar-refractivity contribution is -0.148. The molecule has 1 aromatic rings. The molecule has 1 aliphatic rings. The van der Waals surface area contributed by atoms with Crippen molar-refractivity contribution in [3.05, 3.63) is 22.4 Å². The van der Waals surface area contributed by atoms with Crippen LogP contribution in [0.5, 0.6) is 0 Å². The third kappa shape index (κ3) is 1.25. The minimum atomic E-state index is -0.971. The Bertz CT molecular complexity index is 332. The summed E-state index contributed by atoms with van der Waals surface area (Å²) in [7, 11) is 0. The van der Waals surface area contributed by atoms with Crippen molar-refractivity contribution in [1.29, 1.82) is 0 Å². The largest absolute Gasteiger partial charge is 0.480 e. The summed E-state index contributed by atoms with van der Waals surface area (Å²) in [6.45, 7) is 0.808. The first-order valence-electron chi connectivity index (χ1n) is 4.27. The number of ether oxygens (including phenoxy) is 1. The van der Waals surface area contributed by atoms with Crippen molar-refractivity contribution in [2.45, 2.75) is 11.5 Å². The zero-order valence-corrected chi connectivity index (χ0v) is 8.29. The molecule has 1 atom stereocenters. The second kappa shape index (κ2) is 3.34. The number of hydrogen-bond donors (Lipinski definition) is 2. The van der Waals surface area contributed by atoms with Crippen LogP contribution in [0.1, 0.15) is 4.88 Å². The molecular weight excluding hydrogens is 202 g/mol. The SMILES string of the molecule is NC(C(=O)O)C1(c2cccs2)COC1. The highest BCUT2D eigenvalue weighted by atomic mass is 32.1. The number of carboxylic acids is 1. The summed E-state index contributed by atoms with van der Waals surface area (Å²) < 4.78 is 5.10. The van der Waals surface area contributed by atoms with Crippen LogP contribution in [0.4, 0.5) is 0 Å². The van der Waals surface area contributed by atoms with Gasteiger partial charge in [0, 0.05) is 4.88 Å². The Hall–Kier alpha value is -0.910. The third-order valence-electron chi connectivity index (χ3n) is 2.59. The molecule has 0 spiro atoms. The van der Waals surface area contributed by atoms with Crippen LogP contribution in [0.2, 0.25) is 0 Å². The molecule has 1 fully saturated rings. The summed E-state index contributed by atoms with van der Waals surface area (Å²) in [4.78, 5) is 11.9. The number of rotatable bonds is 3. The van der Waals surface area contributed by atoms with E-state index >= 15 is 0 Å². The normalized spacial score (nSPS) is 21.2. The molecule has 1 aliphatic heterocycles. The molecule has 0 aromatic carbocycles. The van der Waals surface area contributed by atoms with Gasteiger partial charge in [0.05, 0.1) is 18.6 Å². The van der Waals surface area contributed by atoms with E-state index in [0.717, 1.165) is 4.88 Å². The summed E-state index contributed by atoms with van der Waals surface area (Å²) in [5.74, 6) is -0.971. The number of hydrogen-bond acceptors (Lipinski definition) is 4. The van der Waals surface area contributed by atoms with E-state index in [2.05, 4.69) is 0 Å². The van der Waals surface area contributed by atoms with Crippen LogP contribution in [0.15, 0.2) is 17.5 Å². The molecule has 76 valence electrons. The van der Waals surface area contributed by atoms with Crippen molar-refractivity contribution in [3.63, 3.8) is 0 Å². The molecule has 5 heteroatoms. The van der Waals surface area contributed by atoms with Gasteiger partial charge in [-0.05, 0) is 11.4 Å². The van der Waals surface area contributed by atoms with Crippen molar-refractivity contribution >= 4 is 17.3 Å². The van der Waals surface area contributed by atoms with E-state index in [1.54, 1.807) is 0 Å². The average Bonchev–Trinajstić information content (AvgIpc) is 2.55. The fourth-order valence-corrected chi connectivity index (χ4v) is 2.54. The maximum absolute atomic E-state index is 10.9. The van der Waals surface area contributed by atoms with Gasteiger partial charge in [0.25, 0.3) is 0 Å². The van der Waals surface area contributed by atoms with Gasteiger partial charge in [-0.3, -0.25) is 4.79 Å². The highest BCUT2D eigenvalue weighted by Gasteiger charge is 2.49. The Morgan fingerprint density at radius 3 is 2.79 bits per heavy atom. The van der Waals surface area contributed by atoms with Crippen molar-refractivity contribution < 1.29 is 14.6 Å². The van der Waals surface area contributed by atoms with Crippen LogP contribution >= 0.6 is 11.3 Å². The molecule has 0 bridgehead atoms. The number of aliphatic carboxylic acids is 1. The van der Waals surface area contributed by atoms with Crippen LogP contribution < -0.4 is 5.73 Å². The summed E-state index contributed by atoms with van der Waals surface area (Å²) in [5.41, 5.74) is 5.18. The predicted molar refractivity (Wildman–Crippen MR) is 52.4 cm³/mol. The summed E-state index contributed by atoms with van der Waals surface area (Å²) in [6.07, 6.45) is 0. The maximum Gasteiger partial charge on any atom is 0.321 e. The van der Waals surface area contributed by atoms with Gasteiger partial charge in [-0.25, -0.2) is 0 Å². The Kier molecular flexibility index (Phi) is 2.30. The number of carboxylic acid groups (broad SMARTS) is 1. The second-order valence-electron chi connectivity index (χ2n) is 3.44. The van der Waals surface area contributed by atoms with E-state index in [-0.39, 0.29) is 0 Å². The molecule has 0 aliphatic carbocycles. The van der Waals surface area contributed by atoms with Gasteiger partial charge in [0.15, 0.2) is 0 Å². The minimum absolute atomic E-state index is 0.404. The van der Waals surface area contributed by atoms with Crippen LogP contribution in [0.25, 0.3) is 0 Å². The molecule has 4 nitrogen and oxygen atoms in total. The fourth-order valence-electron chi connectivity index (χ4n) is 1.60. The van der Waals surface area contributed by atoms with Crippen molar-refractivity contribution in [3.8, 4) is 0 Å². The molecule has 2 heterocycles. The molecule has 14 heavy (non-hydrogen) atoms. The molecule has 0 saturated carbocycles. The van der Waals surface area contributed by atoms with E-state index in [1.807, 2.05) is 17.5 Å². The second-order valence-corrected chi connectivity index (χ2v) is 4.39. The molecular formula is C9H11NO3S. The van der Waals surface area contributed by atoms with Gasteiger partial charge in [-0.15, -0.1) is 11.3 Å². The monoisotopic (exact) mass is 213 g/mol. The van der Waals surface area contributed by atoms with Crippen LogP contribution in [-0.2, 0) is 14.9 Å². The lowest BCUT2D eigenvalue weighted by Gasteiger charge is -2.43. The topological polar surface area (TPSA) is 72.6 Å². The Morgan fingerprint density at radius 2 is 2.43 bits per heavy atom. The maximum atomic E-state index is 10.9. The Balaban J connectivity index is 2.31. The zero-order chi connectivity index (χ0) is 10.2. The van der Waals surface area contributed by atoms with Crippen molar-refractivity contribution in [1.82, 2.24) is 0 Å². The predicted octanol–water partition coefficient (Wildman–Crippen LogP) is 0.428. The summed E-state index contributed by atoms with van der Waals surface area (Å²) >= 11 is 1.53. The van der Waals surface area contributed by atoms with Crippen LogP contribution in [-0.4, -0.2) is 30.3 Å². The summed E-state index contributed by atoms with van der Waals surface area (Å²) in [6, 6.07) is 2.93. The highest BCUT2D eigenvalue weighted by molar-refractivity contribution is 7.10.